The van der Waals surface area contributed by atoms with Gasteiger partial charge in [-0.05, 0) is 86.3 Å². The highest BCUT2D eigenvalue weighted by Crippen LogP contribution is 2.36. The first-order chi connectivity index (χ1) is 24.0. The van der Waals surface area contributed by atoms with Crippen LogP contribution in [-0.2, 0) is 25.2 Å². The number of anilines is 1. The minimum atomic E-state index is -4.74. The van der Waals surface area contributed by atoms with Crippen molar-refractivity contribution in [1.29, 1.82) is 0 Å². The zero-order chi connectivity index (χ0) is 35.9. The summed E-state index contributed by atoms with van der Waals surface area (Å²) in [6, 6.07) is 15.0. The average Bonchev–Trinajstić information content (AvgIpc) is 3.52. The minimum absolute atomic E-state index is 0.134. The topological polar surface area (TPSA) is 104 Å². The van der Waals surface area contributed by atoms with Crippen molar-refractivity contribution in [3.63, 3.8) is 0 Å². The maximum atomic E-state index is 14.0. The van der Waals surface area contributed by atoms with E-state index in [1.807, 2.05) is 12.1 Å². The SMILES string of the molecule is C=CC(=O)OCCCCOc1ccc(C(=O)Nc2ccc(C#Cc3ccc4nc(SCCCCOC(=O)C=C)sc4c3)cc2C(F)(F)F)cc1. The molecule has 260 valence electrons. The van der Waals surface area contributed by atoms with Crippen molar-refractivity contribution in [1.82, 2.24) is 4.98 Å². The Labute approximate surface area is 295 Å². The van der Waals surface area contributed by atoms with Crippen molar-refractivity contribution in [2.45, 2.75) is 36.2 Å². The van der Waals surface area contributed by atoms with Gasteiger partial charge in [0.2, 0.25) is 0 Å². The van der Waals surface area contributed by atoms with Crippen LogP contribution < -0.4 is 10.1 Å². The number of ether oxygens (including phenoxy) is 3. The molecule has 50 heavy (non-hydrogen) atoms. The fourth-order valence-electron chi connectivity index (χ4n) is 4.27. The third-order valence-electron chi connectivity index (χ3n) is 6.80. The fourth-order valence-corrected chi connectivity index (χ4v) is 6.45. The van der Waals surface area contributed by atoms with Gasteiger partial charge in [-0.3, -0.25) is 4.79 Å². The Hall–Kier alpha value is -5.06. The lowest BCUT2D eigenvalue weighted by molar-refractivity contribution is -0.138. The highest BCUT2D eigenvalue weighted by Gasteiger charge is 2.34. The number of amides is 1. The predicted octanol–water partition coefficient (Wildman–Crippen LogP) is 8.46. The molecule has 0 saturated carbocycles. The molecule has 0 atom stereocenters. The number of nitrogens with one attached hydrogen (secondary N) is 1. The van der Waals surface area contributed by atoms with E-state index in [-0.39, 0.29) is 23.4 Å². The van der Waals surface area contributed by atoms with E-state index in [1.54, 1.807) is 30.0 Å². The van der Waals surface area contributed by atoms with Gasteiger partial charge in [0.15, 0.2) is 4.34 Å². The fraction of sp³-hybridized carbons (Fsp3) is 0.243. The minimum Gasteiger partial charge on any atom is -0.494 e. The molecule has 3 aromatic carbocycles. The molecule has 0 spiro atoms. The van der Waals surface area contributed by atoms with E-state index >= 15 is 0 Å². The van der Waals surface area contributed by atoms with Crippen molar-refractivity contribution in [3.8, 4) is 17.6 Å². The summed E-state index contributed by atoms with van der Waals surface area (Å²) in [6.07, 6.45) is 0.263. The molecule has 1 heterocycles. The van der Waals surface area contributed by atoms with Gasteiger partial charge in [-0.1, -0.05) is 36.8 Å². The number of alkyl halides is 3. The third-order valence-corrected chi connectivity index (χ3v) is 9.05. The quantitative estimate of drug-likeness (QED) is 0.0404. The average molecular weight is 723 g/mol. The number of carbonyl (C=O) groups excluding carboxylic acids is 3. The van der Waals surface area contributed by atoms with E-state index in [0.29, 0.717) is 37.4 Å². The standard InChI is InChI=1S/C37H33F3N2O6S2/c1-3-33(43)47-20-6-5-19-46-28-15-13-27(14-16-28)35(45)41-30-17-11-25(23-29(30)37(38,39)40)9-10-26-12-18-31-32(24-26)50-36(42-31)49-22-8-7-21-48-34(44)4-2/h3-4,11-18,23-24H,1-2,5-8,19-22H2,(H,41,45). The van der Waals surface area contributed by atoms with Gasteiger partial charge in [0, 0.05) is 34.6 Å². The zero-order valence-corrected chi connectivity index (χ0v) is 28.5. The van der Waals surface area contributed by atoms with Gasteiger partial charge in [0.05, 0.1) is 41.3 Å². The van der Waals surface area contributed by atoms with E-state index in [4.69, 9.17) is 14.2 Å². The molecule has 4 aromatic rings. The maximum absolute atomic E-state index is 14.0. The van der Waals surface area contributed by atoms with Gasteiger partial charge in [0.1, 0.15) is 5.75 Å². The van der Waals surface area contributed by atoms with E-state index < -0.39 is 29.6 Å². The van der Waals surface area contributed by atoms with Crippen LogP contribution in [0.3, 0.4) is 0 Å². The van der Waals surface area contributed by atoms with Crippen molar-refractivity contribution in [2.75, 3.05) is 30.9 Å². The number of hydrogen-bond donors (Lipinski definition) is 1. The molecule has 0 radical (unpaired) electrons. The predicted molar refractivity (Wildman–Crippen MR) is 188 cm³/mol. The smallest absolute Gasteiger partial charge is 0.418 e. The summed E-state index contributed by atoms with van der Waals surface area (Å²) in [5.41, 5.74) is 0.293. The third kappa shape index (κ3) is 11.8. The largest absolute Gasteiger partial charge is 0.494 e. The molecular weight excluding hydrogens is 690 g/mol. The molecule has 1 aromatic heterocycles. The zero-order valence-electron chi connectivity index (χ0n) is 26.8. The van der Waals surface area contributed by atoms with E-state index in [0.717, 1.165) is 51.4 Å². The lowest BCUT2D eigenvalue weighted by Gasteiger charge is -2.14. The number of rotatable bonds is 16. The second kappa shape index (κ2) is 18.6. The lowest BCUT2D eigenvalue weighted by atomic mass is 10.1. The molecule has 0 bridgehead atoms. The Morgan fingerprint density at radius 1 is 0.840 bits per heavy atom. The number of fused-ring (bicyclic) bond motifs is 1. The van der Waals surface area contributed by atoms with Crippen LogP contribution in [-0.4, -0.2) is 48.4 Å². The van der Waals surface area contributed by atoms with Crippen LogP contribution >= 0.6 is 23.1 Å². The molecule has 0 unspecified atom stereocenters. The Morgan fingerprint density at radius 2 is 1.46 bits per heavy atom. The van der Waals surface area contributed by atoms with E-state index in [1.165, 1.54) is 35.6 Å². The summed E-state index contributed by atoms with van der Waals surface area (Å²) >= 11 is 3.09. The van der Waals surface area contributed by atoms with E-state index in [2.05, 4.69) is 35.3 Å². The van der Waals surface area contributed by atoms with Gasteiger partial charge in [-0.2, -0.15) is 13.2 Å². The molecule has 0 aliphatic rings. The Bertz CT molecular complexity index is 1900. The van der Waals surface area contributed by atoms with Crippen LogP contribution in [0.15, 0.2) is 90.3 Å². The van der Waals surface area contributed by atoms with Gasteiger partial charge in [-0.15, -0.1) is 11.3 Å². The van der Waals surface area contributed by atoms with Crippen LogP contribution in [0.1, 0.15) is 52.7 Å². The van der Waals surface area contributed by atoms with Crippen LogP contribution in [0.25, 0.3) is 10.2 Å². The summed E-state index contributed by atoms with van der Waals surface area (Å²) < 4.78 is 59.4. The van der Waals surface area contributed by atoms with Gasteiger partial charge in [0.25, 0.3) is 5.91 Å². The number of carbonyl (C=O) groups is 3. The molecular formula is C37H33F3N2O6S2. The highest BCUT2D eigenvalue weighted by molar-refractivity contribution is 8.01. The number of unbranched alkanes of at least 4 members (excludes halogenated alkanes) is 2. The molecule has 1 amide bonds. The van der Waals surface area contributed by atoms with Crippen molar-refractivity contribution in [2.24, 2.45) is 0 Å². The normalized spacial score (nSPS) is 10.9. The number of thioether (sulfide) groups is 1. The maximum Gasteiger partial charge on any atom is 0.418 e. The van der Waals surface area contributed by atoms with Crippen molar-refractivity contribution in [3.05, 3.63) is 108 Å². The Morgan fingerprint density at radius 3 is 2.12 bits per heavy atom. The molecule has 13 heteroatoms. The van der Waals surface area contributed by atoms with Crippen molar-refractivity contribution >= 4 is 56.8 Å². The van der Waals surface area contributed by atoms with Crippen LogP contribution in [0, 0.1) is 11.8 Å². The Kier molecular flexibility index (Phi) is 14.1. The number of nitrogens with zero attached hydrogens (tertiary/aromatic N) is 1. The summed E-state index contributed by atoms with van der Waals surface area (Å²) in [5, 5.41) is 2.36. The number of halogens is 3. The summed E-state index contributed by atoms with van der Waals surface area (Å²) in [4.78, 5) is 39.6. The second-order valence-corrected chi connectivity index (χ2v) is 12.9. The number of benzene rings is 3. The molecule has 8 nitrogen and oxygen atoms in total. The number of esters is 2. The Balaban J connectivity index is 1.34. The first kappa shape index (κ1) is 37.8. The number of hydrogen-bond acceptors (Lipinski definition) is 9. The summed E-state index contributed by atoms with van der Waals surface area (Å²) in [5.74, 6) is 5.37. The monoisotopic (exact) mass is 722 g/mol. The number of thiazole rings is 1. The molecule has 0 aliphatic heterocycles. The lowest BCUT2D eigenvalue weighted by Crippen LogP contribution is -2.17. The molecule has 0 saturated heterocycles. The second-order valence-electron chi connectivity index (χ2n) is 10.5. The van der Waals surface area contributed by atoms with Crippen LogP contribution in [0.4, 0.5) is 18.9 Å². The summed E-state index contributed by atoms with van der Waals surface area (Å²) in [7, 11) is 0. The first-order valence-electron chi connectivity index (χ1n) is 15.4. The highest BCUT2D eigenvalue weighted by atomic mass is 32.2. The molecule has 0 fully saturated rings. The molecule has 1 N–H and O–H groups in total. The summed E-state index contributed by atoms with van der Waals surface area (Å²) in [6.45, 7) is 7.61. The molecule has 4 rings (SSSR count). The number of aromatic nitrogens is 1. The first-order valence-corrected chi connectivity index (χ1v) is 17.2. The molecule has 0 aliphatic carbocycles. The van der Waals surface area contributed by atoms with Gasteiger partial charge < -0.3 is 19.5 Å². The van der Waals surface area contributed by atoms with Crippen molar-refractivity contribution < 1.29 is 41.8 Å². The van der Waals surface area contributed by atoms with E-state index in [9.17, 15) is 27.6 Å². The van der Waals surface area contributed by atoms with Gasteiger partial charge >= 0.3 is 18.1 Å². The van der Waals surface area contributed by atoms with Crippen LogP contribution in [0.2, 0.25) is 0 Å². The van der Waals surface area contributed by atoms with Gasteiger partial charge in [-0.25, -0.2) is 14.6 Å². The van der Waals surface area contributed by atoms with Crippen LogP contribution in [0.5, 0.6) is 5.75 Å².